The van der Waals surface area contributed by atoms with Crippen molar-refractivity contribution in [1.29, 1.82) is 0 Å². The fourth-order valence-electron chi connectivity index (χ4n) is 2.43. The Labute approximate surface area is 130 Å². The molecule has 0 aromatic heterocycles. The summed E-state index contributed by atoms with van der Waals surface area (Å²) in [5, 5.41) is 0. The average Bonchev–Trinajstić information content (AvgIpc) is 2.54. The van der Waals surface area contributed by atoms with Gasteiger partial charge in [0.25, 0.3) is 0 Å². The van der Waals surface area contributed by atoms with E-state index in [1.807, 2.05) is 0 Å². The third-order valence-corrected chi connectivity index (χ3v) is 3.66. The molecule has 2 heterocycles. The van der Waals surface area contributed by atoms with Crippen LogP contribution in [-0.4, -0.2) is 47.4 Å². The van der Waals surface area contributed by atoms with Gasteiger partial charge in [0.15, 0.2) is 11.6 Å². The van der Waals surface area contributed by atoms with Gasteiger partial charge in [-0.25, -0.2) is 18.6 Å². The van der Waals surface area contributed by atoms with Crippen molar-refractivity contribution in [3.8, 4) is 0 Å². The molecule has 0 radical (unpaired) electrons. The van der Waals surface area contributed by atoms with E-state index in [0.29, 0.717) is 5.71 Å². The molecule has 1 aromatic rings. The third-order valence-electron chi connectivity index (χ3n) is 3.66. The van der Waals surface area contributed by atoms with E-state index in [-0.39, 0.29) is 11.5 Å². The van der Waals surface area contributed by atoms with Crippen molar-refractivity contribution in [2.75, 3.05) is 14.1 Å². The minimum absolute atomic E-state index is 0.166. The minimum atomic E-state index is -1.03. The molecular weight excluding hydrogens is 306 g/mol. The van der Waals surface area contributed by atoms with Crippen LogP contribution in [0.3, 0.4) is 0 Å². The molecule has 0 bridgehead atoms. The summed E-state index contributed by atoms with van der Waals surface area (Å²) in [7, 11) is 2.87. The zero-order chi connectivity index (χ0) is 16.7. The fraction of sp³-hybridized carbons (Fsp3) is 0.200. The van der Waals surface area contributed by atoms with E-state index < -0.39 is 29.5 Å². The van der Waals surface area contributed by atoms with E-state index in [4.69, 9.17) is 0 Å². The van der Waals surface area contributed by atoms with Gasteiger partial charge in [0.05, 0.1) is 11.4 Å². The lowest BCUT2D eigenvalue weighted by molar-refractivity contribution is -0.128. The van der Waals surface area contributed by atoms with Gasteiger partial charge in [0.1, 0.15) is 11.8 Å². The summed E-state index contributed by atoms with van der Waals surface area (Å²) in [6.45, 7) is 0. The largest absolute Gasteiger partial charge is 0.331 e. The van der Waals surface area contributed by atoms with Gasteiger partial charge >= 0.3 is 6.03 Å². The van der Waals surface area contributed by atoms with Crippen molar-refractivity contribution >= 4 is 29.2 Å². The number of amidine groups is 1. The third kappa shape index (κ3) is 2.41. The van der Waals surface area contributed by atoms with Gasteiger partial charge in [-0.15, -0.1) is 0 Å². The van der Waals surface area contributed by atoms with E-state index in [1.165, 1.54) is 37.3 Å². The smallest absolute Gasteiger partial charge is 0.284 e. The molecule has 3 amide bonds. The number of rotatable bonds is 1. The van der Waals surface area contributed by atoms with E-state index in [1.54, 1.807) is 0 Å². The Bertz CT molecular complexity index is 801. The van der Waals surface area contributed by atoms with Gasteiger partial charge in [0, 0.05) is 26.4 Å². The first kappa shape index (κ1) is 15.0. The van der Waals surface area contributed by atoms with Gasteiger partial charge in [-0.1, -0.05) is 0 Å². The second-order valence-electron chi connectivity index (χ2n) is 5.11. The van der Waals surface area contributed by atoms with Crippen LogP contribution in [0.2, 0.25) is 0 Å². The van der Waals surface area contributed by atoms with Gasteiger partial charge in [-0.3, -0.25) is 19.6 Å². The summed E-state index contributed by atoms with van der Waals surface area (Å²) in [5.74, 6) is -3.09. The second-order valence-corrected chi connectivity index (χ2v) is 5.11. The Morgan fingerprint density at radius 1 is 1.13 bits per heavy atom. The highest BCUT2D eigenvalue weighted by Crippen LogP contribution is 2.25. The molecule has 0 saturated carbocycles. The number of carbonyl (C=O) groups is 2. The number of amides is 3. The molecule has 1 atom stereocenters. The van der Waals surface area contributed by atoms with E-state index in [0.717, 1.165) is 17.0 Å². The van der Waals surface area contributed by atoms with E-state index in [9.17, 15) is 18.4 Å². The SMILES string of the molecule is CN1C(=O)C2C(=Nc3ccc(F)c(F)c3)C=CN=C2N(C)C1=O. The minimum Gasteiger partial charge on any atom is -0.284 e. The van der Waals surface area contributed by atoms with Crippen LogP contribution in [0.1, 0.15) is 0 Å². The number of imide groups is 1. The molecule has 1 saturated heterocycles. The number of carbonyl (C=O) groups excluding carboxylic acids is 2. The summed E-state index contributed by atoms with van der Waals surface area (Å²) < 4.78 is 26.3. The van der Waals surface area contributed by atoms with E-state index in [2.05, 4.69) is 9.98 Å². The van der Waals surface area contributed by atoms with Crippen molar-refractivity contribution in [3.05, 3.63) is 42.1 Å². The molecule has 2 aliphatic rings. The van der Waals surface area contributed by atoms with Crippen LogP contribution < -0.4 is 0 Å². The van der Waals surface area contributed by atoms with E-state index >= 15 is 0 Å². The summed E-state index contributed by atoms with van der Waals surface area (Å²) in [6, 6.07) is 2.71. The normalized spacial score (nSPS) is 22.5. The van der Waals surface area contributed by atoms with Gasteiger partial charge < -0.3 is 0 Å². The Morgan fingerprint density at radius 2 is 1.87 bits per heavy atom. The highest BCUT2D eigenvalue weighted by atomic mass is 19.2. The average molecular weight is 318 g/mol. The lowest BCUT2D eigenvalue weighted by atomic mass is 9.95. The molecular formula is C15H12F2N4O2. The maximum Gasteiger partial charge on any atom is 0.331 e. The number of halogens is 2. The predicted molar refractivity (Wildman–Crippen MR) is 79.4 cm³/mol. The Kier molecular flexibility index (Phi) is 3.51. The van der Waals surface area contributed by atoms with Crippen molar-refractivity contribution < 1.29 is 18.4 Å². The first-order valence-electron chi connectivity index (χ1n) is 6.73. The van der Waals surface area contributed by atoms with Crippen molar-refractivity contribution in [2.45, 2.75) is 0 Å². The zero-order valence-electron chi connectivity index (χ0n) is 12.3. The summed E-state index contributed by atoms with van der Waals surface area (Å²) in [4.78, 5) is 34.8. The number of urea groups is 1. The molecule has 1 unspecified atom stereocenters. The van der Waals surface area contributed by atoms with Crippen LogP contribution in [0.25, 0.3) is 0 Å². The Morgan fingerprint density at radius 3 is 2.57 bits per heavy atom. The van der Waals surface area contributed by atoms with Crippen LogP contribution in [0.4, 0.5) is 19.3 Å². The molecule has 1 aromatic carbocycles. The molecule has 1 fully saturated rings. The highest BCUT2D eigenvalue weighted by Gasteiger charge is 2.43. The standard InChI is InChI=1S/C15H12F2N4O2/c1-20-13-12(14(22)21(2)15(20)23)11(5-6-18-13)19-8-3-4-9(16)10(17)7-8/h3-7,12H,1-2H3. The Balaban J connectivity index is 2.04. The van der Waals surface area contributed by atoms with Crippen LogP contribution in [0.15, 0.2) is 40.5 Å². The molecule has 118 valence electrons. The number of fused-ring (bicyclic) bond motifs is 1. The van der Waals surface area contributed by atoms with Crippen LogP contribution >= 0.6 is 0 Å². The van der Waals surface area contributed by atoms with Crippen molar-refractivity contribution in [1.82, 2.24) is 9.80 Å². The molecule has 0 N–H and O–H groups in total. The van der Waals surface area contributed by atoms with Gasteiger partial charge in [0.2, 0.25) is 5.91 Å². The predicted octanol–water partition coefficient (Wildman–Crippen LogP) is 2.10. The summed E-state index contributed by atoms with van der Waals surface area (Å²) in [5.41, 5.74) is 0.469. The lowest BCUT2D eigenvalue weighted by Crippen LogP contribution is -2.59. The number of hydrogen-bond donors (Lipinski definition) is 0. The first-order valence-corrected chi connectivity index (χ1v) is 6.73. The molecule has 23 heavy (non-hydrogen) atoms. The highest BCUT2D eigenvalue weighted by molar-refractivity contribution is 6.32. The molecule has 8 heteroatoms. The zero-order valence-corrected chi connectivity index (χ0v) is 12.3. The molecule has 3 rings (SSSR count). The molecule has 2 aliphatic heterocycles. The van der Waals surface area contributed by atoms with Gasteiger partial charge in [-0.2, -0.15) is 0 Å². The van der Waals surface area contributed by atoms with Crippen molar-refractivity contribution in [2.24, 2.45) is 15.9 Å². The topological polar surface area (TPSA) is 65.3 Å². The quantitative estimate of drug-likeness (QED) is 0.796. The Hall–Kier alpha value is -2.90. The maximum atomic E-state index is 13.3. The lowest BCUT2D eigenvalue weighted by Gasteiger charge is -2.36. The van der Waals surface area contributed by atoms with Gasteiger partial charge in [-0.05, 0) is 18.2 Å². The number of nitrogens with zero attached hydrogens (tertiary/aromatic N) is 4. The maximum absolute atomic E-state index is 13.3. The summed E-state index contributed by atoms with van der Waals surface area (Å²) >= 11 is 0. The fourth-order valence-corrected chi connectivity index (χ4v) is 2.43. The number of hydrogen-bond acceptors (Lipinski definition) is 4. The molecule has 6 nitrogen and oxygen atoms in total. The monoisotopic (exact) mass is 318 g/mol. The number of aliphatic imine (C=N–C) groups is 2. The molecule has 0 spiro atoms. The van der Waals surface area contributed by atoms with Crippen LogP contribution in [-0.2, 0) is 4.79 Å². The van der Waals surface area contributed by atoms with Crippen molar-refractivity contribution in [3.63, 3.8) is 0 Å². The number of benzene rings is 1. The van der Waals surface area contributed by atoms with Crippen LogP contribution in [0.5, 0.6) is 0 Å². The molecule has 0 aliphatic carbocycles. The van der Waals surface area contributed by atoms with Crippen LogP contribution in [0, 0.1) is 17.6 Å². The second kappa shape index (κ2) is 5.38. The first-order chi connectivity index (χ1) is 10.9. The number of allylic oxidation sites excluding steroid dienone is 1. The summed E-state index contributed by atoms with van der Waals surface area (Å²) in [6.07, 6.45) is 2.91.